The standard InChI is InChI=1S/C26H30N4O4/c1-16-12-17(20-4-2-3-5-23(20)29-16)15-34-19-6-7-21(25(28)32)22(13-19)26(14-24(31)30-33)10-8-18(27)9-11-26/h2-7,12-13,18,33H,8-11,14-15,27H2,1H3,(H2,28,32)(H,30,31). The summed E-state index contributed by atoms with van der Waals surface area (Å²) in [5.74, 6) is -0.524. The van der Waals surface area contributed by atoms with Crippen molar-refractivity contribution in [1.29, 1.82) is 0 Å². The number of benzene rings is 2. The van der Waals surface area contributed by atoms with Crippen LogP contribution in [-0.4, -0.2) is 28.0 Å². The number of hydrogen-bond donors (Lipinski definition) is 4. The number of aromatic nitrogens is 1. The molecule has 2 amide bonds. The van der Waals surface area contributed by atoms with Crippen LogP contribution in [0.25, 0.3) is 10.9 Å². The van der Waals surface area contributed by atoms with E-state index < -0.39 is 17.2 Å². The highest BCUT2D eigenvalue weighted by molar-refractivity contribution is 5.95. The van der Waals surface area contributed by atoms with Gasteiger partial charge in [0, 0.05) is 40.1 Å². The van der Waals surface area contributed by atoms with E-state index in [4.69, 9.17) is 16.2 Å². The molecule has 0 radical (unpaired) electrons. The first-order valence-electron chi connectivity index (χ1n) is 11.4. The summed E-state index contributed by atoms with van der Waals surface area (Å²) in [7, 11) is 0. The van der Waals surface area contributed by atoms with Crippen LogP contribution in [0.4, 0.5) is 0 Å². The molecule has 0 unspecified atom stereocenters. The Bertz CT molecular complexity index is 1220. The number of hydroxylamine groups is 1. The van der Waals surface area contributed by atoms with Gasteiger partial charge in [-0.2, -0.15) is 0 Å². The first kappa shape index (κ1) is 23.7. The lowest BCUT2D eigenvalue weighted by molar-refractivity contribution is -0.131. The summed E-state index contributed by atoms with van der Waals surface area (Å²) >= 11 is 0. The lowest BCUT2D eigenvalue weighted by Crippen LogP contribution is -2.41. The molecule has 1 aliphatic rings. The van der Waals surface area contributed by atoms with E-state index in [9.17, 15) is 14.8 Å². The van der Waals surface area contributed by atoms with E-state index in [2.05, 4.69) is 4.98 Å². The second-order valence-electron chi connectivity index (χ2n) is 9.13. The number of rotatable bonds is 7. The van der Waals surface area contributed by atoms with E-state index >= 15 is 0 Å². The molecule has 1 fully saturated rings. The van der Waals surface area contributed by atoms with Crippen LogP contribution < -0.4 is 21.7 Å². The number of primary amides is 1. The molecular formula is C26H30N4O4. The molecule has 1 saturated carbocycles. The Morgan fingerprint density at radius 3 is 2.62 bits per heavy atom. The minimum absolute atomic E-state index is 0.0220. The molecule has 2 aromatic carbocycles. The van der Waals surface area contributed by atoms with Gasteiger partial charge in [-0.3, -0.25) is 19.8 Å². The van der Waals surface area contributed by atoms with E-state index in [1.54, 1.807) is 23.7 Å². The fourth-order valence-electron chi connectivity index (χ4n) is 5.02. The van der Waals surface area contributed by atoms with Gasteiger partial charge >= 0.3 is 0 Å². The molecule has 0 atom stereocenters. The molecule has 0 bridgehead atoms. The Labute approximate surface area is 198 Å². The quantitative estimate of drug-likeness (QED) is 0.314. The molecule has 178 valence electrons. The number of para-hydroxylation sites is 1. The minimum Gasteiger partial charge on any atom is -0.489 e. The molecule has 6 N–H and O–H groups in total. The Balaban J connectivity index is 1.70. The summed E-state index contributed by atoms with van der Waals surface area (Å²) in [5.41, 5.74) is 16.7. The summed E-state index contributed by atoms with van der Waals surface area (Å²) in [4.78, 5) is 29.1. The summed E-state index contributed by atoms with van der Waals surface area (Å²) in [6.45, 7) is 2.26. The molecule has 0 aliphatic heterocycles. The maximum Gasteiger partial charge on any atom is 0.249 e. The number of amides is 2. The predicted molar refractivity (Wildman–Crippen MR) is 128 cm³/mol. The number of nitrogens with one attached hydrogen (secondary N) is 1. The van der Waals surface area contributed by atoms with Crippen molar-refractivity contribution in [3.05, 3.63) is 70.9 Å². The van der Waals surface area contributed by atoms with Gasteiger partial charge in [0.15, 0.2) is 0 Å². The van der Waals surface area contributed by atoms with Crippen LogP contribution in [0.1, 0.15) is 59.3 Å². The highest BCUT2D eigenvalue weighted by Crippen LogP contribution is 2.44. The van der Waals surface area contributed by atoms with Gasteiger partial charge in [0.25, 0.3) is 0 Å². The summed E-state index contributed by atoms with van der Waals surface area (Å²) in [6.07, 6.45) is 2.61. The largest absolute Gasteiger partial charge is 0.489 e. The average Bonchev–Trinajstić information content (AvgIpc) is 2.83. The molecule has 0 saturated heterocycles. The Hall–Kier alpha value is -3.49. The van der Waals surface area contributed by atoms with Crippen molar-refractivity contribution in [2.24, 2.45) is 11.5 Å². The number of nitrogens with zero attached hydrogens (tertiary/aromatic N) is 1. The molecule has 8 nitrogen and oxygen atoms in total. The summed E-state index contributed by atoms with van der Waals surface area (Å²) in [6, 6.07) is 15.1. The molecule has 4 rings (SSSR count). The lowest BCUT2D eigenvalue weighted by atomic mass is 9.65. The van der Waals surface area contributed by atoms with Gasteiger partial charge in [0.1, 0.15) is 12.4 Å². The van der Waals surface area contributed by atoms with Gasteiger partial charge in [-0.1, -0.05) is 18.2 Å². The van der Waals surface area contributed by atoms with Crippen LogP contribution in [0.15, 0.2) is 48.5 Å². The van der Waals surface area contributed by atoms with Crippen LogP contribution in [0.5, 0.6) is 5.75 Å². The molecule has 0 spiro atoms. The van der Waals surface area contributed by atoms with Crippen molar-refractivity contribution in [2.45, 2.75) is 57.1 Å². The number of carbonyl (C=O) groups is 2. The third kappa shape index (κ3) is 4.88. The maximum atomic E-state index is 12.3. The lowest BCUT2D eigenvalue weighted by Gasteiger charge is -2.40. The number of carbonyl (C=O) groups excluding carboxylic acids is 2. The Morgan fingerprint density at radius 1 is 1.18 bits per heavy atom. The Kier molecular flexibility index (Phi) is 6.81. The van der Waals surface area contributed by atoms with Crippen molar-refractivity contribution in [3.63, 3.8) is 0 Å². The zero-order valence-electron chi connectivity index (χ0n) is 19.2. The number of fused-ring (bicyclic) bond motifs is 1. The smallest absolute Gasteiger partial charge is 0.249 e. The van der Waals surface area contributed by atoms with Crippen molar-refractivity contribution in [1.82, 2.24) is 10.5 Å². The average molecular weight is 463 g/mol. The highest BCUT2D eigenvalue weighted by Gasteiger charge is 2.40. The van der Waals surface area contributed by atoms with Crippen molar-refractivity contribution in [2.75, 3.05) is 0 Å². The number of ether oxygens (including phenoxy) is 1. The van der Waals surface area contributed by atoms with Crippen molar-refractivity contribution >= 4 is 22.7 Å². The third-order valence-corrected chi connectivity index (χ3v) is 6.76. The first-order chi connectivity index (χ1) is 16.3. The third-order valence-electron chi connectivity index (χ3n) is 6.76. The van der Waals surface area contributed by atoms with Crippen LogP contribution in [0, 0.1) is 6.92 Å². The van der Waals surface area contributed by atoms with E-state index in [-0.39, 0.29) is 12.5 Å². The van der Waals surface area contributed by atoms with Gasteiger partial charge in [-0.25, -0.2) is 5.48 Å². The number of nitrogens with two attached hydrogens (primary N) is 2. The number of aryl methyl sites for hydroxylation is 1. The number of pyridine rings is 1. The normalized spacial score (nSPS) is 20.1. The van der Waals surface area contributed by atoms with Gasteiger partial charge in [-0.15, -0.1) is 0 Å². The van der Waals surface area contributed by atoms with E-state index in [0.717, 1.165) is 22.2 Å². The second kappa shape index (κ2) is 9.79. The van der Waals surface area contributed by atoms with Gasteiger partial charge < -0.3 is 16.2 Å². The van der Waals surface area contributed by atoms with Crippen LogP contribution in [-0.2, 0) is 16.8 Å². The van der Waals surface area contributed by atoms with Gasteiger partial charge in [-0.05, 0) is 68.5 Å². The molecule has 1 aliphatic carbocycles. The second-order valence-corrected chi connectivity index (χ2v) is 9.13. The highest BCUT2D eigenvalue weighted by atomic mass is 16.5. The summed E-state index contributed by atoms with van der Waals surface area (Å²) in [5, 5.41) is 10.2. The van der Waals surface area contributed by atoms with E-state index in [1.807, 2.05) is 37.3 Å². The first-order valence-corrected chi connectivity index (χ1v) is 11.4. The van der Waals surface area contributed by atoms with Crippen LogP contribution >= 0.6 is 0 Å². The Morgan fingerprint density at radius 2 is 1.91 bits per heavy atom. The molecule has 34 heavy (non-hydrogen) atoms. The molecular weight excluding hydrogens is 432 g/mol. The van der Waals surface area contributed by atoms with Crippen molar-refractivity contribution in [3.8, 4) is 5.75 Å². The van der Waals surface area contributed by atoms with Crippen LogP contribution in [0.3, 0.4) is 0 Å². The minimum atomic E-state index is -0.674. The van der Waals surface area contributed by atoms with Crippen LogP contribution in [0.2, 0.25) is 0 Å². The fourth-order valence-corrected chi connectivity index (χ4v) is 5.02. The van der Waals surface area contributed by atoms with E-state index in [0.29, 0.717) is 49.2 Å². The molecule has 3 aromatic rings. The predicted octanol–water partition coefficient (Wildman–Crippen LogP) is 3.26. The summed E-state index contributed by atoms with van der Waals surface area (Å²) < 4.78 is 6.16. The van der Waals surface area contributed by atoms with Gasteiger partial charge in [0.2, 0.25) is 11.8 Å². The zero-order chi connectivity index (χ0) is 24.3. The SMILES string of the molecule is Cc1cc(COc2ccc(C(N)=O)c(C3(CC(=O)NO)CCC(N)CC3)c2)c2ccccc2n1. The maximum absolute atomic E-state index is 12.3. The van der Waals surface area contributed by atoms with Crippen molar-refractivity contribution < 1.29 is 19.5 Å². The number of hydrogen-bond acceptors (Lipinski definition) is 6. The fraction of sp³-hybridized carbons (Fsp3) is 0.346. The monoisotopic (exact) mass is 462 g/mol. The van der Waals surface area contributed by atoms with E-state index in [1.165, 1.54) is 0 Å². The topological polar surface area (TPSA) is 141 Å². The zero-order valence-corrected chi connectivity index (χ0v) is 19.2. The molecule has 8 heteroatoms. The van der Waals surface area contributed by atoms with Gasteiger partial charge in [0.05, 0.1) is 5.52 Å². The molecule has 1 aromatic heterocycles. The molecule has 1 heterocycles.